The van der Waals surface area contributed by atoms with Gasteiger partial charge in [0.15, 0.2) is 0 Å². The maximum atomic E-state index is 13.6. The summed E-state index contributed by atoms with van der Waals surface area (Å²) in [6.07, 6.45) is 3.31. The number of pyridine rings is 1. The average Bonchev–Trinajstić information content (AvgIpc) is 3.46. The van der Waals surface area contributed by atoms with E-state index in [1.54, 1.807) is 0 Å². The number of anilines is 1. The SMILES string of the molecule is O=C(c1cc(OCC2CCOCC2)nc(C2CC2)c1)N1CC2=C(CN(Cc3ccc4c(c3)OC(O)N4)C2)C1. The van der Waals surface area contributed by atoms with E-state index < -0.39 is 6.41 Å². The van der Waals surface area contributed by atoms with Gasteiger partial charge in [0, 0.05) is 69.2 Å². The molecule has 1 aromatic heterocycles. The van der Waals surface area contributed by atoms with E-state index >= 15 is 0 Å². The van der Waals surface area contributed by atoms with Crippen molar-refractivity contribution in [3.05, 3.63) is 58.3 Å². The van der Waals surface area contributed by atoms with Crippen LogP contribution >= 0.6 is 0 Å². The molecule has 2 aromatic rings. The topological polar surface area (TPSA) is 96.4 Å². The molecule has 7 rings (SSSR count). The summed E-state index contributed by atoms with van der Waals surface area (Å²) >= 11 is 0. The van der Waals surface area contributed by atoms with Crippen LogP contribution in [0.3, 0.4) is 0 Å². The van der Waals surface area contributed by atoms with Crippen LogP contribution in [0, 0.1) is 5.92 Å². The van der Waals surface area contributed by atoms with Gasteiger partial charge in [-0.3, -0.25) is 9.69 Å². The molecule has 0 spiro atoms. The highest BCUT2D eigenvalue weighted by molar-refractivity contribution is 5.95. The summed E-state index contributed by atoms with van der Waals surface area (Å²) in [5, 5.41) is 12.5. The minimum atomic E-state index is -0.976. The number of hydrogen-bond donors (Lipinski definition) is 2. The van der Waals surface area contributed by atoms with Crippen molar-refractivity contribution in [2.45, 2.75) is 44.6 Å². The highest BCUT2D eigenvalue weighted by Gasteiger charge is 2.34. The van der Waals surface area contributed by atoms with Crippen molar-refractivity contribution in [3.63, 3.8) is 0 Å². The molecule has 1 saturated heterocycles. The molecule has 2 fully saturated rings. The second kappa shape index (κ2) is 9.87. The van der Waals surface area contributed by atoms with Crippen LogP contribution < -0.4 is 14.8 Å². The van der Waals surface area contributed by atoms with Crippen LogP contribution in [-0.4, -0.2) is 78.2 Å². The van der Waals surface area contributed by atoms with Gasteiger partial charge in [-0.15, -0.1) is 0 Å². The summed E-state index contributed by atoms with van der Waals surface area (Å²) in [6.45, 7) is 6.09. The molecule has 9 heteroatoms. The second-order valence-corrected chi connectivity index (χ2v) is 11.2. The Morgan fingerprint density at radius 1 is 1.05 bits per heavy atom. The zero-order valence-electron chi connectivity index (χ0n) is 21.5. The molecule has 1 atom stereocenters. The molecule has 1 aliphatic carbocycles. The second-order valence-electron chi connectivity index (χ2n) is 11.2. The summed E-state index contributed by atoms with van der Waals surface area (Å²) in [5.41, 5.74) is 6.34. The number of aliphatic hydroxyl groups excluding tert-OH is 1. The zero-order chi connectivity index (χ0) is 25.6. The van der Waals surface area contributed by atoms with Crippen LogP contribution in [0.2, 0.25) is 0 Å². The predicted octanol–water partition coefficient (Wildman–Crippen LogP) is 3.11. The van der Waals surface area contributed by atoms with Crippen molar-refractivity contribution in [3.8, 4) is 11.6 Å². The van der Waals surface area contributed by atoms with Gasteiger partial charge in [0.2, 0.25) is 5.88 Å². The molecule has 1 aromatic carbocycles. The number of aliphatic hydroxyl groups is 1. The summed E-state index contributed by atoms with van der Waals surface area (Å²) < 4.78 is 17.0. The van der Waals surface area contributed by atoms with Gasteiger partial charge in [-0.2, -0.15) is 0 Å². The van der Waals surface area contributed by atoms with Crippen molar-refractivity contribution in [1.29, 1.82) is 0 Å². The van der Waals surface area contributed by atoms with Gasteiger partial charge in [-0.1, -0.05) is 6.07 Å². The zero-order valence-corrected chi connectivity index (χ0v) is 21.5. The third-order valence-electron chi connectivity index (χ3n) is 8.22. The highest BCUT2D eigenvalue weighted by Crippen LogP contribution is 2.40. The molecule has 0 bridgehead atoms. The molecule has 1 amide bonds. The third kappa shape index (κ3) is 4.98. The van der Waals surface area contributed by atoms with Gasteiger partial charge in [0.25, 0.3) is 12.3 Å². The van der Waals surface area contributed by atoms with Crippen molar-refractivity contribution >= 4 is 11.6 Å². The molecule has 0 radical (unpaired) electrons. The molecule has 9 nitrogen and oxygen atoms in total. The molecule has 1 unspecified atom stereocenters. The predicted molar refractivity (Wildman–Crippen MR) is 140 cm³/mol. The lowest BCUT2D eigenvalue weighted by Gasteiger charge is -2.24. The van der Waals surface area contributed by atoms with E-state index in [2.05, 4.69) is 16.3 Å². The normalized spacial score (nSPS) is 23.3. The summed E-state index contributed by atoms with van der Waals surface area (Å²) in [5.74, 6) is 2.26. The lowest BCUT2D eigenvalue weighted by atomic mass is 10.0. The maximum absolute atomic E-state index is 13.6. The first-order valence-corrected chi connectivity index (χ1v) is 13.8. The number of amides is 1. The number of rotatable bonds is 7. The van der Waals surface area contributed by atoms with Crippen LogP contribution in [-0.2, 0) is 11.3 Å². The van der Waals surface area contributed by atoms with E-state index in [1.807, 2.05) is 29.2 Å². The Kier molecular flexibility index (Phi) is 6.22. The molecule has 1 saturated carbocycles. The highest BCUT2D eigenvalue weighted by atomic mass is 16.6. The summed E-state index contributed by atoms with van der Waals surface area (Å²) in [4.78, 5) is 22.7. The fourth-order valence-corrected chi connectivity index (χ4v) is 5.95. The summed E-state index contributed by atoms with van der Waals surface area (Å²) in [6, 6.07) is 9.82. The lowest BCUT2D eigenvalue weighted by Crippen LogP contribution is -2.34. The largest absolute Gasteiger partial charge is 0.477 e. The van der Waals surface area contributed by atoms with Crippen molar-refractivity contribution in [2.75, 3.05) is 51.3 Å². The molecule has 38 heavy (non-hydrogen) atoms. The van der Waals surface area contributed by atoms with Crippen LogP contribution in [0.5, 0.6) is 11.6 Å². The van der Waals surface area contributed by atoms with E-state index in [-0.39, 0.29) is 5.91 Å². The van der Waals surface area contributed by atoms with Gasteiger partial charge in [-0.25, -0.2) is 4.98 Å². The first kappa shape index (κ1) is 23.9. The van der Waals surface area contributed by atoms with E-state index in [4.69, 9.17) is 19.2 Å². The van der Waals surface area contributed by atoms with Gasteiger partial charge in [-0.05, 0) is 66.5 Å². The van der Waals surface area contributed by atoms with Crippen LogP contribution in [0.25, 0.3) is 0 Å². The number of nitrogens with one attached hydrogen (secondary N) is 1. The first-order valence-electron chi connectivity index (χ1n) is 13.8. The minimum absolute atomic E-state index is 0.0630. The molecular formula is C29H34N4O5. The van der Waals surface area contributed by atoms with E-state index in [9.17, 15) is 9.90 Å². The Balaban J connectivity index is 0.976. The van der Waals surface area contributed by atoms with Gasteiger partial charge in [0.1, 0.15) is 5.75 Å². The molecular weight excluding hydrogens is 484 g/mol. The van der Waals surface area contributed by atoms with Crippen molar-refractivity contribution in [2.24, 2.45) is 5.92 Å². The minimum Gasteiger partial charge on any atom is -0.477 e. The van der Waals surface area contributed by atoms with Crippen molar-refractivity contribution < 1.29 is 24.1 Å². The third-order valence-corrected chi connectivity index (χ3v) is 8.22. The molecule has 4 aliphatic heterocycles. The number of aromatic nitrogens is 1. The first-order chi connectivity index (χ1) is 18.6. The number of fused-ring (bicyclic) bond motifs is 1. The number of hydrogen-bond acceptors (Lipinski definition) is 8. The fraction of sp³-hybridized carbons (Fsp3) is 0.517. The fourth-order valence-electron chi connectivity index (χ4n) is 5.95. The standard InChI is InChI=1S/C29H34N4O5/c34-28(21-10-25(20-2-3-20)30-27(11-21)37-17-18-5-7-36-8-6-18)33-15-22-13-32(14-23(22)16-33)12-19-1-4-24-26(9-19)38-29(35)31-24/h1,4,9-11,18,20,29,31,35H,2-3,5-8,12-17H2. The van der Waals surface area contributed by atoms with Crippen molar-refractivity contribution in [1.82, 2.24) is 14.8 Å². The Labute approximate surface area is 222 Å². The Morgan fingerprint density at radius 2 is 1.84 bits per heavy atom. The van der Waals surface area contributed by atoms with E-state index in [0.29, 0.717) is 48.7 Å². The van der Waals surface area contributed by atoms with Gasteiger partial charge in [0.05, 0.1) is 12.3 Å². The monoisotopic (exact) mass is 518 g/mol. The molecule has 5 aliphatic rings. The Hall–Kier alpha value is -3.14. The van der Waals surface area contributed by atoms with Crippen LogP contribution in [0.4, 0.5) is 5.69 Å². The maximum Gasteiger partial charge on any atom is 0.279 e. The number of benzene rings is 1. The smallest absolute Gasteiger partial charge is 0.279 e. The van der Waals surface area contributed by atoms with E-state index in [1.165, 1.54) is 11.1 Å². The quantitative estimate of drug-likeness (QED) is 0.540. The molecule has 200 valence electrons. The Morgan fingerprint density at radius 3 is 2.61 bits per heavy atom. The lowest BCUT2D eigenvalue weighted by molar-refractivity contribution is 0.0211. The number of carbonyl (C=O) groups is 1. The van der Waals surface area contributed by atoms with E-state index in [0.717, 1.165) is 75.5 Å². The molecule has 2 N–H and O–H groups in total. The molecule has 5 heterocycles. The number of ether oxygens (including phenoxy) is 3. The van der Waals surface area contributed by atoms with Gasteiger partial charge < -0.3 is 29.5 Å². The van der Waals surface area contributed by atoms with Crippen LogP contribution in [0.15, 0.2) is 41.5 Å². The Bertz CT molecular complexity index is 1250. The average molecular weight is 519 g/mol. The van der Waals surface area contributed by atoms with Crippen LogP contribution in [0.1, 0.15) is 53.2 Å². The number of carbonyl (C=O) groups excluding carboxylic acids is 1. The van der Waals surface area contributed by atoms with Gasteiger partial charge >= 0.3 is 0 Å². The number of nitrogens with zero attached hydrogens (tertiary/aromatic N) is 3. The summed E-state index contributed by atoms with van der Waals surface area (Å²) in [7, 11) is 0.